The van der Waals surface area contributed by atoms with E-state index in [4.69, 9.17) is 5.73 Å². The number of hydrogen-bond donors (Lipinski definition) is 2. The third-order valence-corrected chi connectivity index (χ3v) is 6.92. The zero-order chi connectivity index (χ0) is 21.4. The molecular weight excluding hydrogens is 422 g/mol. The highest BCUT2D eigenvalue weighted by molar-refractivity contribution is 7.99. The lowest BCUT2D eigenvalue weighted by Gasteiger charge is -2.45. The quantitative estimate of drug-likeness (QED) is 0.685. The van der Waals surface area contributed by atoms with Crippen LogP contribution >= 0.6 is 23.3 Å². The van der Waals surface area contributed by atoms with Gasteiger partial charge in [-0.05, 0) is 44.9 Å². The Kier molecular flexibility index (Phi) is 5.68. The maximum atomic E-state index is 12.4. The Balaban J connectivity index is 1.77. The van der Waals surface area contributed by atoms with Gasteiger partial charge in [-0.2, -0.15) is 8.78 Å². The summed E-state index contributed by atoms with van der Waals surface area (Å²) in [6, 6.07) is 2.54. The highest BCUT2D eigenvalue weighted by Gasteiger charge is 2.49. The number of nitrogens with two attached hydrogens (primary N) is 1. The van der Waals surface area contributed by atoms with Crippen molar-refractivity contribution in [1.82, 2.24) is 14.3 Å². The van der Waals surface area contributed by atoms with Gasteiger partial charge >= 0.3 is 6.61 Å². The van der Waals surface area contributed by atoms with Crippen molar-refractivity contribution in [3.8, 4) is 5.75 Å². The minimum absolute atomic E-state index is 0.0461. The maximum absolute atomic E-state index is 12.4. The van der Waals surface area contributed by atoms with Crippen LogP contribution in [0, 0.1) is 0 Å². The number of halogens is 2. The van der Waals surface area contributed by atoms with Crippen molar-refractivity contribution in [3.05, 3.63) is 34.4 Å². The number of aliphatic imine (C=N–C) groups is 1. The molecule has 3 N–H and O–H groups in total. The van der Waals surface area contributed by atoms with Crippen LogP contribution in [0.3, 0.4) is 0 Å². The molecule has 1 amide bonds. The summed E-state index contributed by atoms with van der Waals surface area (Å²) in [5.74, 6) is 0.0980. The average molecular weight is 443 g/mol. The Morgan fingerprint density at radius 3 is 2.69 bits per heavy atom. The van der Waals surface area contributed by atoms with Crippen LogP contribution in [0.1, 0.15) is 36.3 Å². The molecule has 8 nitrogen and oxygen atoms in total. The predicted octanol–water partition coefficient (Wildman–Crippen LogP) is 3.29. The minimum Gasteiger partial charge on any atom is -0.433 e. The van der Waals surface area contributed by atoms with Gasteiger partial charge < -0.3 is 15.8 Å². The Labute approximate surface area is 174 Å². The van der Waals surface area contributed by atoms with Gasteiger partial charge in [-0.15, -0.1) is 11.3 Å². The summed E-state index contributed by atoms with van der Waals surface area (Å²) in [4.78, 5) is 25.4. The summed E-state index contributed by atoms with van der Waals surface area (Å²) in [5, 5.41) is 5.06. The van der Waals surface area contributed by atoms with E-state index >= 15 is 0 Å². The molecule has 0 unspecified atom stereocenters. The second-order valence-corrected chi connectivity index (χ2v) is 9.50. The number of ether oxygens (including phenoxy) is 1. The van der Waals surface area contributed by atoms with Crippen molar-refractivity contribution in [2.45, 2.75) is 37.7 Å². The fourth-order valence-electron chi connectivity index (χ4n) is 2.64. The summed E-state index contributed by atoms with van der Waals surface area (Å²) in [6.07, 6.45) is 1.06. The molecule has 3 rings (SSSR count). The number of guanidine groups is 1. The Morgan fingerprint density at radius 1 is 1.34 bits per heavy atom. The molecule has 0 spiro atoms. The molecular formula is C17H20F2N6O2S2. The summed E-state index contributed by atoms with van der Waals surface area (Å²) in [6.45, 7) is 3.10. The second kappa shape index (κ2) is 7.75. The fourth-order valence-corrected chi connectivity index (χ4v) is 4.86. The van der Waals surface area contributed by atoms with Gasteiger partial charge in [0, 0.05) is 12.4 Å². The number of nitrogens with zero attached hydrogens (tertiary/aromatic N) is 4. The molecule has 156 valence electrons. The van der Waals surface area contributed by atoms with Gasteiger partial charge in [-0.25, -0.2) is 15.0 Å². The van der Waals surface area contributed by atoms with Crippen LogP contribution in [0.25, 0.3) is 0 Å². The van der Waals surface area contributed by atoms with E-state index in [0.717, 1.165) is 6.20 Å². The van der Waals surface area contributed by atoms with Crippen molar-refractivity contribution >= 4 is 41.0 Å². The number of anilines is 1. The number of thiazole rings is 1. The lowest BCUT2D eigenvalue weighted by atomic mass is 9.88. The second-order valence-electron chi connectivity index (χ2n) is 6.89. The van der Waals surface area contributed by atoms with Gasteiger partial charge in [0.15, 0.2) is 0 Å². The number of amides is 1. The molecule has 0 aromatic carbocycles. The summed E-state index contributed by atoms with van der Waals surface area (Å²) >= 11 is 2.92. The standard InChI is InChI=1S/C17H20F2N6O2S2/c1-16(2)17(3,24-15(20)25(4)29-16)13-23-11(8-28-13)22-12(26)10-6-5-9(7-21-10)27-14(18)19/h5-8,14H,1-4H3,(H2,20,24)(H,22,26)/t17-/m0/s1. The van der Waals surface area contributed by atoms with Gasteiger partial charge in [0.2, 0.25) is 5.96 Å². The van der Waals surface area contributed by atoms with E-state index in [9.17, 15) is 13.6 Å². The Hall–Kier alpha value is -2.47. The van der Waals surface area contributed by atoms with Crippen LogP contribution in [0.15, 0.2) is 28.7 Å². The number of pyridine rings is 1. The molecule has 2 aromatic heterocycles. The highest BCUT2D eigenvalue weighted by atomic mass is 32.2. The molecule has 0 bridgehead atoms. The van der Waals surface area contributed by atoms with Gasteiger partial charge in [-0.1, -0.05) is 0 Å². The number of aromatic nitrogens is 2. The topological polar surface area (TPSA) is 106 Å². The van der Waals surface area contributed by atoms with E-state index in [1.807, 2.05) is 18.3 Å². The molecule has 0 radical (unpaired) electrons. The van der Waals surface area contributed by atoms with Crippen LogP contribution in [-0.4, -0.2) is 44.5 Å². The van der Waals surface area contributed by atoms with E-state index in [0.29, 0.717) is 16.8 Å². The molecule has 1 atom stereocenters. The van der Waals surface area contributed by atoms with Gasteiger partial charge in [0.25, 0.3) is 5.91 Å². The smallest absolute Gasteiger partial charge is 0.387 e. The van der Waals surface area contributed by atoms with Gasteiger partial charge in [0.1, 0.15) is 27.8 Å². The zero-order valence-corrected chi connectivity index (χ0v) is 17.8. The fraction of sp³-hybridized carbons (Fsp3) is 0.412. The van der Waals surface area contributed by atoms with E-state index in [2.05, 4.69) is 38.9 Å². The van der Waals surface area contributed by atoms with E-state index in [1.165, 1.54) is 23.5 Å². The number of hydrogen-bond acceptors (Lipinski definition) is 9. The first-order valence-electron chi connectivity index (χ1n) is 8.48. The summed E-state index contributed by atoms with van der Waals surface area (Å²) in [5.41, 5.74) is 5.37. The van der Waals surface area contributed by atoms with Crippen molar-refractivity contribution in [1.29, 1.82) is 0 Å². The van der Waals surface area contributed by atoms with E-state index in [1.54, 1.807) is 17.3 Å². The van der Waals surface area contributed by atoms with Crippen LogP contribution < -0.4 is 15.8 Å². The third kappa shape index (κ3) is 4.27. The molecule has 29 heavy (non-hydrogen) atoms. The third-order valence-electron chi connectivity index (χ3n) is 4.55. The van der Waals surface area contributed by atoms with Crippen molar-refractivity contribution < 1.29 is 18.3 Å². The minimum atomic E-state index is -2.95. The molecule has 1 aliphatic rings. The van der Waals surface area contributed by atoms with Gasteiger partial charge in [-0.3, -0.25) is 9.10 Å². The van der Waals surface area contributed by atoms with Crippen molar-refractivity contribution in [2.75, 3.05) is 12.4 Å². The van der Waals surface area contributed by atoms with Gasteiger partial charge in [0.05, 0.1) is 10.9 Å². The molecule has 0 saturated heterocycles. The SMILES string of the molecule is CN1SC(C)(C)[C@](C)(c2nc(NC(=O)c3ccc(OC(F)F)cn3)cs2)N=C1N. The molecule has 2 aromatic rings. The predicted molar refractivity (Wildman–Crippen MR) is 109 cm³/mol. The molecule has 0 aliphatic carbocycles. The van der Waals surface area contributed by atoms with E-state index < -0.39 is 18.1 Å². The molecule has 0 fully saturated rings. The number of carbonyl (C=O) groups is 1. The molecule has 1 aliphatic heterocycles. The van der Waals surface area contributed by atoms with Crippen LogP contribution in [0.5, 0.6) is 5.75 Å². The monoisotopic (exact) mass is 442 g/mol. The number of alkyl halides is 2. The average Bonchev–Trinajstić information content (AvgIpc) is 3.09. The van der Waals surface area contributed by atoms with Crippen molar-refractivity contribution in [2.24, 2.45) is 10.7 Å². The zero-order valence-electron chi connectivity index (χ0n) is 16.1. The number of nitrogens with one attached hydrogen (secondary N) is 1. The summed E-state index contributed by atoms with van der Waals surface area (Å²) in [7, 11) is 1.85. The maximum Gasteiger partial charge on any atom is 0.387 e. The normalized spacial score (nSPS) is 21.1. The molecule has 12 heteroatoms. The number of carbonyl (C=O) groups excluding carboxylic acids is 1. The highest BCUT2D eigenvalue weighted by Crippen LogP contribution is 2.49. The Morgan fingerprint density at radius 2 is 2.07 bits per heavy atom. The lowest BCUT2D eigenvalue weighted by molar-refractivity contribution is -0.0500. The van der Waals surface area contributed by atoms with Crippen LogP contribution in [0.4, 0.5) is 14.6 Å². The number of rotatable bonds is 5. The van der Waals surface area contributed by atoms with Crippen LogP contribution in [-0.2, 0) is 5.54 Å². The summed E-state index contributed by atoms with van der Waals surface area (Å²) < 4.78 is 30.1. The molecule has 0 saturated carbocycles. The van der Waals surface area contributed by atoms with E-state index in [-0.39, 0.29) is 16.2 Å². The lowest BCUT2D eigenvalue weighted by Crippen LogP contribution is -2.51. The largest absolute Gasteiger partial charge is 0.433 e. The first kappa shape index (κ1) is 21.2. The van der Waals surface area contributed by atoms with Crippen molar-refractivity contribution in [3.63, 3.8) is 0 Å². The van der Waals surface area contributed by atoms with Crippen LogP contribution in [0.2, 0.25) is 0 Å². The molecule has 3 heterocycles. The first-order valence-corrected chi connectivity index (χ1v) is 10.1. The Bertz CT molecular complexity index is 934. The first-order chi connectivity index (χ1) is 13.5.